The molecule has 0 fully saturated rings. The monoisotopic (exact) mass is 251 g/mol. The first-order valence-electron chi connectivity index (χ1n) is 6.27. The first-order valence-corrected chi connectivity index (χ1v) is 6.27. The topological polar surface area (TPSA) is 39.9 Å². The summed E-state index contributed by atoms with van der Waals surface area (Å²) in [6.45, 7) is 3.67. The van der Waals surface area contributed by atoms with E-state index in [4.69, 9.17) is 5.26 Å². The van der Waals surface area contributed by atoms with E-state index < -0.39 is 0 Å². The van der Waals surface area contributed by atoms with Crippen LogP contribution in [-0.4, -0.2) is 16.9 Å². The second kappa shape index (κ2) is 6.12. The summed E-state index contributed by atoms with van der Waals surface area (Å²) in [5.41, 5.74) is 4.03. The van der Waals surface area contributed by atoms with Crippen LogP contribution in [0.5, 0.6) is 0 Å². The van der Waals surface area contributed by atoms with Gasteiger partial charge in [-0.1, -0.05) is 18.2 Å². The highest BCUT2D eigenvalue weighted by Gasteiger charge is 2.03. The molecule has 0 amide bonds. The van der Waals surface area contributed by atoms with Crippen LogP contribution in [0, 0.1) is 18.3 Å². The minimum Gasteiger partial charge on any atom is -0.296 e. The molecule has 1 aromatic heterocycles. The maximum Gasteiger partial charge on any atom is 0.0991 e. The van der Waals surface area contributed by atoms with Gasteiger partial charge in [0.1, 0.15) is 0 Å². The molecule has 0 aliphatic carbocycles. The minimum absolute atomic E-state index is 0.701. The molecule has 0 atom stereocenters. The Kier molecular flexibility index (Phi) is 4.27. The van der Waals surface area contributed by atoms with Gasteiger partial charge in [0.2, 0.25) is 0 Å². The highest BCUT2D eigenvalue weighted by molar-refractivity contribution is 5.31. The van der Waals surface area contributed by atoms with Crippen molar-refractivity contribution in [2.45, 2.75) is 20.0 Å². The SMILES string of the molecule is Cc1cccc(CN(C)Cc2ccc(C#N)cc2)n1. The van der Waals surface area contributed by atoms with Gasteiger partial charge >= 0.3 is 0 Å². The number of pyridine rings is 1. The van der Waals surface area contributed by atoms with Crippen LogP contribution in [0.2, 0.25) is 0 Å². The molecule has 0 spiro atoms. The van der Waals surface area contributed by atoms with Gasteiger partial charge in [0.15, 0.2) is 0 Å². The molecular weight excluding hydrogens is 234 g/mol. The second-order valence-electron chi connectivity index (χ2n) is 4.75. The Morgan fingerprint density at radius 3 is 2.47 bits per heavy atom. The van der Waals surface area contributed by atoms with Crippen LogP contribution >= 0.6 is 0 Å². The van der Waals surface area contributed by atoms with Crippen LogP contribution in [0.25, 0.3) is 0 Å². The predicted molar refractivity (Wildman–Crippen MR) is 75.3 cm³/mol. The van der Waals surface area contributed by atoms with E-state index in [0.29, 0.717) is 5.56 Å². The zero-order valence-corrected chi connectivity index (χ0v) is 11.3. The third-order valence-corrected chi connectivity index (χ3v) is 2.91. The van der Waals surface area contributed by atoms with Crippen molar-refractivity contribution in [3.05, 3.63) is 65.0 Å². The molecule has 96 valence electrons. The average molecular weight is 251 g/mol. The van der Waals surface area contributed by atoms with Gasteiger partial charge in [-0.15, -0.1) is 0 Å². The largest absolute Gasteiger partial charge is 0.296 e. The van der Waals surface area contributed by atoms with Gasteiger partial charge in [-0.2, -0.15) is 5.26 Å². The number of aromatic nitrogens is 1. The molecule has 0 bridgehead atoms. The Hall–Kier alpha value is -2.18. The van der Waals surface area contributed by atoms with Crippen LogP contribution in [0.15, 0.2) is 42.5 Å². The summed E-state index contributed by atoms with van der Waals surface area (Å²) in [5, 5.41) is 8.76. The van der Waals surface area contributed by atoms with Gasteiger partial charge in [-0.25, -0.2) is 0 Å². The molecule has 2 aromatic rings. The summed E-state index contributed by atoms with van der Waals surface area (Å²) in [6, 6.07) is 15.9. The molecule has 1 heterocycles. The van der Waals surface area contributed by atoms with Crippen molar-refractivity contribution in [3.8, 4) is 6.07 Å². The van der Waals surface area contributed by atoms with E-state index in [0.717, 1.165) is 24.5 Å². The number of hydrogen-bond donors (Lipinski definition) is 0. The highest BCUT2D eigenvalue weighted by Crippen LogP contribution is 2.08. The van der Waals surface area contributed by atoms with Crippen LogP contribution in [-0.2, 0) is 13.1 Å². The van der Waals surface area contributed by atoms with E-state index >= 15 is 0 Å². The zero-order valence-electron chi connectivity index (χ0n) is 11.3. The molecule has 3 heteroatoms. The van der Waals surface area contributed by atoms with Crippen molar-refractivity contribution >= 4 is 0 Å². The molecule has 0 N–H and O–H groups in total. The lowest BCUT2D eigenvalue weighted by Crippen LogP contribution is -2.18. The fraction of sp³-hybridized carbons (Fsp3) is 0.250. The molecule has 0 aliphatic rings. The number of aryl methyl sites for hydroxylation is 1. The Morgan fingerprint density at radius 1 is 1.11 bits per heavy atom. The summed E-state index contributed by atoms with van der Waals surface area (Å²) in [5.74, 6) is 0. The Labute approximate surface area is 114 Å². The normalized spacial score (nSPS) is 10.4. The van der Waals surface area contributed by atoms with Crippen molar-refractivity contribution < 1.29 is 0 Å². The van der Waals surface area contributed by atoms with E-state index in [9.17, 15) is 0 Å². The molecule has 0 aliphatic heterocycles. The van der Waals surface area contributed by atoms with E-state index in [1.165, 1.54) is 5.56 Å². The first kappa shape index (κ1) is 13.3. The van der Waals surface area contributed by atoms with E-state index in [1.807, 2.05) is 49.4 Å². The van der Waals surface area contributed by atoms with Crippen LogP contribution < -0.4 is 0 Å². The lowest BCUT2D eigenvalue weighted by atomic mass is 10.1. The van der Waals surface area contributed by atoms with Crippen molar-refractivity contribution in [1.29, 1.82) is 5.26 Å². The van der Waals surface area contributed by atoms with E-state index in [2.05, 4.69) is 23.0 Å². The number of nitriles is 1. The molecule has 0 unspecified atom stereocenters. The van der Waals surface area contributed by atoms with Gasteiger partial charge in [-0.3, -0.25) is 9.88 Å². The third kappa shape index (κ3) is 3.90. The minimum atomic E-state index is 0.701. The molecule has 19 heavy (non-hydrogen) atoms. The van der Waals surface area contributed by atoms with Crippen molar-refractivity contribution in [2.24, 2.45) is 0 Å². The number of benzene rings is 1. The van der Waals surface area contributed by atoms with Gasteiger partial charge in [0, 0.05) is 18.8 Å². The number of nitrogens with zero attached hydrogens (tertiary/aromatic N) is 3. The lowest BCUT2D eigenvalue weighted by Gasteiger charge is -2.16. The summed E-state index contributed by atoms with van der Waals surface area (Å²) < 4.78 is 0. The molecule has 2 rings (SSSR count). The molecule has 0 saturated heterocycles. The predicted octanol–water partition coefficient (Wildman–Crippen LogP) is 2.89. The van der Waals surface area contributed by atoms with Crippen LogP contribution in [0.3, 0.4) is 0 Å². The zero-order chi connectivity index (χ0) is 13.7. The molecule has 3 nitrogen and oxygen atoms in total. The average Bonchev–Trinajstić information content (AvgIpc) is 2.39. The Balaban J connectivity index is 1.97. The highest BCUT2D eigenvalue weighted by atomic mass is 15.1. The summed E-state index contributed by atoms with van der Waals surface area (Å²) in [6.07, 6.45) is 0. The molecular formula is C16H17N3. The maximum atomic E-state index is 8.76. The first-order chi connectivity index (χ1) is 9.17. The number of hydrogen-bond acceptors (Lipinski definition) is 3. The van der Waals surface area contributed by atoms with Crippen LogP contribution in [0.4, 0.5) is 0 Å². The third-order valence-electron chi connectivity index (χ3n) is 2.91. The molecule has 0 radical (unpaired) electrons. The van der Waals surface area contributed by atoms with Gasteiger partial charge < -0.3 is 0 Å². The van der Waals surface area contributed by atoms with E-state index in [-0.39, 0.29) is 0 Å². The molecule has 1 aromatic carbocycles. The van der Waals surface area contributed by atoms with Gasteiger partial charge in [-0.05, 0) is 43.8 Å². The summed E-state index contributed by atoms with van der Waals surface area (Å²) in [4.78, 5) is 6.71. The Bertz CT molecular complexity index is 582. The molecule has 0 saturated carbocycles. The second-order valence-corrected chi connectivity index (χ2v) is 4.75. The summed E-state index contributed by atoms with van der Waals surface area (Å²) in [7, 11) is 2.07. The van der Waals surface area contributed by atoms with Crippen molar-refractivity contribution in [3.63, 3.8) is 0 Å². The number of rotatable bonds is 4. The maximum absolute atomic E-state index is 8.76. The van der Waals surface area contributed by atoms with Crippen molar-refractivity contribution in [1.82, 2.24) is 9.88 Å². The van der Waals surface area contributed by atoms with E-state index in [1.54, 1.807) is 0 Å². The smallest absolute Gasteiger partial charge is 0.0991 e. The van der Waals surface area contributed by atoms with Crippen LogP contribution in [0.1, 0.15) is 22.5 Å². The van der Waals surface area contributed by atoms with Gasteiger partial charge in [0.05, 0.1) is 17.3 Å². The fourth-order valence-electron chi connectivity index (χ4n) is 2.02. The standard InChI is InChI=1S/C16H17N3/c1-13-4-3-5-16(18-13)12-19(2)11-15-8-6-14(10-17)7-9-15/h3-9H,11-12H2,1-2H3. The fourth-order valence-corrected chi connectivity index (χ4v) is 2.02. The lowest BCUT2D eigenvalue weighted by molar-refractivity contribution is 0.315. The van der Waals surface area contributed by atoms with Crippen molar-refractivity contribution in [2.75, 3.05) is 7.05 Å². The summed E-state index contributed by atoms with van der Waals surface area (Å²) >= 11 is 0. The van der Waals surface area contributed by atoms with Gasteiger partial charge in [0.25, 0.3) is 0 Å². The quantitative estimate of drug-likeness (QED) is 0.838. The Morgan fingerprint density at radius 2 is 1.84 bits per heavy atom.